The maximum Gasteiger partial charge on any atom is 0.114 e. The minimum absolute atomic E-state index is 0.804. The van der Waals surface area contributed by atoms with Crippen LogP contribution < -0.4 is 5.46 Å². The van der Waals surface area contributed by atoms with Crippen molar-refractivity contribution in [3.05, 3.63) is 23.9 Å². The molecule has 0 bridgehead atoms. The molecule has 1 aromatic carbocycles. The second-order valence-corrected chi connectivity index (χ2v) is 2.95. The summed E-state index contributed by atoms with van der Waals surface area (Å²) in [7, 11) is 7.74. The lowest BCUT2D eigenvalue weighted by molar-refractivity contribution is 0.751. The standard InChI is InChI=1S/C9H9BN2/c1-6-9-7(10)4-3-5-8(9)11-12(6)2/h3-5H,1-2H3. The molecule has 0 aliphatic carbocycles. The van der Waals surface area contributed by atoms with E-state index in [-0.39, 0.29) is 0 Å². The van der Waals surface area contributed by atoms with Gasteiger partial charge in [-0.05, 0) is 13.0 Å². The Kier molecular flexibility index (Phi) is 1.46. The lowest BCUT2D eigenvalue weighted by atomic mass is 9.91. The number of fused-ring (bicyclic) bond motifs is 1. The zero-order chi connectivity index (χ0) is 8.72. The van der Waals surface area contributed by atoms with Gasteiger partial charge in [-0.15, -0.1) is 0 Å². The maximum atomic E-state index is 5.82. The van der Waals surface area contributed by atoms with E-state index in [2.05, 4.69) is 5.10 Å². The zero-order valence-electron chi connectivity index (χ0n) is 7.20. The van der Waals surface area contributed by atoms with Gasteiger partial charge in [0.1, 0.15) is 7.85 Å². The van der Waals surface area contributed by atoms with E-state index in [1.165, 1.54) is 0 Å². The van der Waals surface area contributed by atoms with Crippen LogP contribution in [-0.2, 0) is 7.05 Å². The van der Waals surface area contributed by atoms with Crippen LogP contribution in [-0.4, -0.2) is 17.6 Å². The molecule has 0 spiro atoms. The van der Waals surface area contributed by atoms with Crippen LogP contribution in [0.2, 0.25) is 0 Å². The molecular weight excluding hydrogens is 147 g/mol. The average molecular weight is 156 g/mol. The summed E-state index contributed by atoms with van der Waals surface area (Å²) in [5, 5.41) is 5.38. The molecule has 0 saturated heterocycles. The van der Waals surface area contributed by atoms with Crippen LogP contribution in [0.25, 0.3) is 10.9 Å². The summed E-state index contributed by atoms with van der Waals surface area (Å²) in [6.07, 6.45) is 0. The van der Waals surface area contributed by atoms with Gasteiger partial charge in [0.25, 0.3) is 0 Å². The van der Waals surface area contributed by atoms with Gasteiger partial charge in [-0.2, -0.15) is 5.10 Å². The minimum Gasteiger partial charge on any atom is -0.272 e. The molecular formula is C9H9BN2. The zero-order valence-corrected chi connectivity index (χ0v) is 7.20. The second-order valence-electron chi connectivity index (χ2n) is 2.95. The second kappa shape index (κ2) is 2.37. The molecule has 0 aliphatic rings. The van der Waals surface area contributed by atoms with Crippen molar-refractivity contribution in [2.75, 3.05) is 0 Å². The first kappa shape index (κ1) is 7.41. The van der Waals surface area contributed by atoms with E-state index in [0.717, 1.165) is 22.1 Å². The Hall–Kier alpha value is -1.25. The molecule has 0 N–H and O–H groups in total. The number of aryl methyl sites for hydroxylation is 2. The first-order chi connectivity index (χ1) is 5.70. The third-order valence-corrected chi connectivity index (χ3v) is 2.18. The molecule has 58 valence electrons. The first-order valence-electron chi connectivity index (χ1n) is 3.88. The van der Waals surface area contributed by atoms with E-state index in [1.807, 2.05) is 36.9 Å². The maximum absolute atomic E-state index is 5.82. The van der Waals surface area contributed by atoms with Crippen LogP contribution in [0.5, 0.6) is 0 Å². The van der Waals surface area contributed by atoms with E-state index in [4.69, 9.17) is 7.85 Å². The molecule has 0 atom stereocenters. The molecule has 0 amide bonds. The van der Waals surface area contributed by atoms with Crippen LogP contribution >= 0.6 is 0 Å². The van der Waals surface area contributed by atoms with E-state index in [9.17, 15) is 0 Å². The molecule has 0 unspecified atom stereocenters. The Labute approximate surface area is 72.6 Å². The van der Waals surface area contributed by atoms with Gasteiger partial charge >= 0.3 is 0 Å². The van der Waals surface area contributed by atoms with Crippen molar-refractivity contribution in [2.24, 2.45) is 7.05 Å². The monoisotopic (exact) mass is 156 g/mol. The summed E-state index contributed by atoms with van der Waals surface area (Å²) in [6, 6.07) is 5.79. The number of benzene rings is 1. The Balaban J connectivity index is 2.97. The number of nitrogens with zero attached hydrogens (tertiary/aromatic N) is 2. The molecule has 12 heavy (non-hydrogen) atoms. The molecule has 2 radical (unpaired) electrons. The Morgan fingerprint density at radius 2 is 2.17 bits per heavy atom. The van der Waals surface area contributed by atoms with Gasteiger partial charge in [-0.1, -0.05) is 17.6 Å². The largest absolute Gasteiger partial charge is 0.272 e. The van der Waals surface area contributed by atoms with Gasteiger partial charge in [0, 0.05) is 18.1 Å². The van der Waals surface area contributed by atoms with E-state index >= 15 is 0 Å². The predicted molar refractivity (Wildman–Crippen MR) is 50.8 cm³/mol. The first-order valence-corrected chi connectivity index (χ1v) is 3.88. The fourth-order valence-electron chi connectivity index (χ4n) is 1.43. The summed E-state index contributed by atoms with van der Waals surface area (Å²) in [5.74, 6) is 0. The quantitative estimate of drug-likeness (QED) is 0.512. The third kappa shape index (κ3) is 0.859. The van der Waals surface area contributed by atoms with Crippen molar-refractivity contribution in [3.63, 3.8) is 0 Å². The van der Waals surface area contributed by atoms with Gasteiger partial charge in [0.15, 0.2) is 0 Å². The normalized spacial score (nSPS) is 10.8. The molecule has 0 saturated carbocycles. The minimum atomic E-state index is 0.804. The number of hydrogen-bond donors (Lipinski definition) is 0. The SMILES string of the molecule is [B]c1cccc2nn(C)c(C)c12. The van der Waals surface area contributed by atoms with Gasteiger partial charge in [0.2, 0.25) is 0 Å². The van der Waals surface area contributed by atoms with Crippen molar-refractivity contribution in [3.8, 4) is 0 Å². The molecule has 2 aromatic rings. The van der Waals surface area contributed by atoms with Crippen molar-refractivity contribution in [2.45, 2.75) is 6.92 Å². The summed E-state index contributed by atoms with van der Waals surface area (Å²) < 4.78 is 1.85. The summed E-state index contributed by atoms with van der Waals surface area (Å²) in [5.41, 5.74) is 2.89. The smallest absolute Gasteiger partial charge is 0.114 e. The molecule has 1 heterocycles. The fourth-order valence-corrected chi connectivity index (χ4v) is 1.43. The van der Waals surface area contributed by atoms with Gasteiger partial charge in [0.05, 0.1) is 5.52 Å². The Morgan fingerprint density at radius 3 is 2.83 bits per heavy atom. The van der Waals surface area contributed by atoms with Gasteiger partial charge < -0.3 is 0 Å². The summed E-state index contributed by atoms with van der Waals surface area (Å²) in [6.45, 7) is 2.02. The number of aromatic nitrogens is 2. The van der Waals surface area contributed by atoms with Crippen LogP contribution in [0.1, 0.15) is 5.69 Å². The molecule has 0 aliphatic heterocycles. The Morgan fingerprint density at radius 1 is 1.42 bits per heavy atom. The van der Waals surface area contributed by atoms with Crippen LogP contribution in [0.3, 0.4) is 0 Å². The topological polar surface area (TPSA) is 17.8 Å². The lowest BCUT2D eigenvalue weighted by Crippen LogP contribution is -2.03. The average Bonchev–Trinajstić information content (AvgIpc) is 2.29. The van der Waals surface area contributed by atoms with E-state index in [0.29, 0.717) is 0 Å². The van der Waals surface area contributed by atoms with Gasteiger partial charge in [-0.3, -0.25) is 4.68 Å². The highest BCUT2D eigenvalue weighted by Gasteiger charge is 2.04. The van der Waals surface area contributed by atoms with Crippen molar-refractivity contribution >= 4 is 24.2 Å². The van der Waals surface area contributed by atoms with Crippen molar-refractivity contribution in [1.29, 1.82) is 0 Å². The Bertz CT molecular complexity index is 431. The predicted octanol–water partition coefficient (Wildman–Crippen LogP) is 0.676. The summed E-state index contributed by atoms with van der Waals surface area (Å²) in [4.78, 5) is 0. The van der Waals surface area contributed by atoms with E-state index < -0.39 is 0 Å². The summed E-state index contributed by atoms with van der Waals surface area (Å²) >= 11 is 0. The molecule has 2 nitrogen and oxygen atoms in total. The van der Waals surface area contributed by atoms with Gasteiger partial charge in [-0.25, -0.2) is 0 Å². The fraction of sp³-hybridized carbons (Fsp3) is 0.222. The van der Waals surface area contributed by atoms with Crippen LogP contribution in [0.4, 0.5) is 0 Å². The molecule has 3 heteroatoms. The number of rotatable bonds is 0. The van der Waals surface area contributed by atoms with Crippen molar-refractivity contribution in [1.82, 2.24) is 9.78 Å². The molecule has 1 aromatic heterocycles. The molecule has 0 fully saturated rings. The van der Waals surface area contributed by atoms with Crippen molar-refractivity contribution < 1.29 is 0 Å². The lowest BCUT2D eigenvalue weighted by Gasteiger charge is -1.95. The van der Waals surface area contributed by atoms with Crippen LogP contribution in [0, 0.1) is 6.92 Å². The third-order valence-electron chi connectivity index (χ3n) is 2.18. The number of hydrogen-bond acceptors (Lipinski definition) is 1. The van der Waals surface area contributed by atoms with E-state index in [1.54, 1.807) is 0 Å². The van der Waals surface area contributed by atoms with Crippen LogP contribution in [0.15, 0.2) is 18.2 Å². The highest BCUT2D eigenvalue weighted by atomic mass is 15.3. The highest BCUT2D eigenvalue weighted by molar-refractivity contribution is 6.38. The molecule has 2 rings (SSSR count). The highest BCUT2D eigenvalue weighted by Crippen LogP contribution is 2.13.